The van der Waals surface area contributed by atoms with Crippen molar-refractivity contribution in [1.82, 2.24) is 9.97 Å². The summed E-state index contributed by atoms with van der Waals surface area (Å²) in [5.74, 6) is 4.06. The normalized spacial score (nSPS) is 9.75. The van der Waals surface area contributed by atoms with Gasteiger partial charge in [-0.05, 0) is 12.1 Å². The lowest BCUT2D eigenvalue weighted by atomic mass is 10.1. The van der Waals surface area contributed by atoms with Crippen molar-refractivity contribution >= 4 is 0 Å². The van der Waals surface area contributed by atoms with Crippen LogP contribution in [0.2, 0.25) is 0 Å². The molecule has 2 rings (SSSR count). The molecule has 0 saturated heterocycles. The lowest BCUT2D eigenvalue weighted by Gasteiger charge is -2.05. The van der Waals surface area contributed by atoms with Gasteiger partial charge in [-0.25, -0.2) is 18.7 Å². The van der Waals surface area contributed by atoms with Crippen LogP contribution in [0.5, 0.6) is 5.88 Å². The third-order valence-electron chi connectivity index (χ3n) is 2.46. The Labute approximate surface area is 115 Å². The molecule has 102 valence electrons. The molecular weight excluding hydrogens is 262 g/mol. The van der Waals surface area contributed by atoms with Crippen LogP contribution < -0.4 is 4.74 Å². The number of hydrogen-bond donors (Lipinski definition) is 0. The summed E-state index contributed by atoms with van der Waals surface area (Å²) in [7, 11) is 0. The molecule has 0 bridgehead atoms. The lowest BCUT2D eigenvalue weighted by Crippen LogP contribution is -1.98. The van der Waals surface area contributed by atoms with Crippen LogP contribution in [0.1, 0.15) is 13.3 Å². The average molecular weight is 274 g/mol. The van der Waals surface area contributed by atoms with Crippen molar-refractivity contribution < 1.29 is 13.5 Å². The maximum atomic E-state index is 13.7. The van der Waals surface area contributed by atoms with Gasteiger partial charge in [0.05, 0.1) is 5.69 Å². The van der Waals surface area contributed by atoms with E-state index in [1.165, 1.54) is 24.5 Å². The molecule has 0 amide bonds. The van der Waals surface area contributed by atoms with Crippen LogP contribution in [0.15, 0.2) is 30.6 Å². The van der Waals surface area contributed by atoms with E-state index >= 15 is 0 Å². The van der Waals surface area contributed by atoms with Gasteiger partial charge in [0.2, 0.25) is 5.88 Å². The molecule has 1 heterocycles. The monoisotopic (exact) mass is 274 g/mol. The van der Waals surface area contributed by atoms with Crippen molar-refractivity contribution in [3.8, 4) is 29.0 Å². The molecule has 0 aliphatic heterocycles. The van der Waals surface area contributed by atoms with Crippen LogP contribution >= 0.6 is 0 Å². The Kier molecular flexibility index (Phi) is 4.61. The molecule has 0 spiro atoms. The average Bonchev–Trinajstić information content (AvgIpc) is 2.47. The second-order valence-corrected chi connectivity index (χ2v) is 3.84. The maximum Gasteiger partial charge on any atom is 0.217 e. The predicted molar refractivity (Wildman–Crippen MR) is 70.9 cm³/mol. The van der Waals surface area contributed by atoms with Gasteiger partial charge in [0.15, 0.2) is 18.2 Å². The maximum absolute atomic E-state index is 13.7. The molecule has 5 heteroatoms. The summed E-state index contributed by atoms with van der Waals surface area (Å²) >= 11 is 0. The van der Waals surface area contributed by atoms with Gasteiger partial charge in [-0.2, -0.15) is 0 Å². The van der Waals surface area contributed by atoms with Crippen LogP contribution in [0, 0.1) is 23.5 Å². The van der Waals surface area contributed by atoms with Crippen molar-refractivity contribution in [3.05, 3.63) is 42.2 Å². The molecular formula is C15H12F2N2O. The summed E-state index contributed by atoms with van der Waals surface area (Å²) in [6.07, 6.45) is 1.98. The first-order valence-electron chi connectivity index (χ1n) is 6.07. The highest BCUT2D eigenvalue weighted by atomic mass is 19.2. The first-order chi connectivity index (χ1) is 9.72. The topological polar surface area (TPSA) is 35.0 Å². The van der Waals surface area contributed by atoms with E-state index in [0.29, 0.717) is 0 Å². The molecule has 0 aliphatic carbocycles. The predicted octanol–water partition coefficient (Wildman–Crippen LogP) is 3.21. The minimum absolute atomic E-state index is 0.0666. The largest absolute Gasteiger partial charge is 0.464 e. The summed E-state index contributed by atoms with van der Waals surface area (Å²) in [6, 6.07) is 5.37. The summed E-state index contributed by atoms with van der Waals surface area (Å²) < 4.78 is 32.2. The van der Waals surface area contributed by atoms with Gasteiger partial charge in [0.25, 0.3) is 0 Å². The molecule has 3 nitrogen and oxygen atoms in total. The highest BCUT2D eigenvalue weighted by Crippen LogP contribution is 2.24. The van der Waals surface area contributed by atoms with Crippen LogP contribution in [0.25, 0.3) is 11.3 Å². The molecule has 0 unspecified atom stereocenters. The number of halogens is 2. The van der Waals surface area contributed by atoms with Crippen molar-refractivity contribution in [2.24, 2.45) is 0 Å². The number of hydrogen-bond acceptors (Lipinski definition) is 3. The van der Waals surface area contributed by atoms with Gasteiger partial charge in [-0.15, -0.1) is 5.92 Å². The molecule has 0 fully saturated rings. The molecule has 0 radical (unpaired) electrons. The molecule has 1 aromatic carbocycles. The Hall–Kier alpha value is -2.48. The van der Waals surface area contributed by atoms with Crippen LogP contribution in [0.4, 0.5) is 8.78 Å². The molecule has 0 atom stereocenters. The second kappa shape index (κ2) is 6.62. The first kappa shape index (κ1) is 13.9. The van der Waals surface area contributed by atoms with E-state index in [4.69, 9.17) is 4.74 Å². The van der Waals surface area contributed by atoms with Gasteiger partial charge in [0.1, 0.15) is 6.33 Å². The summed E-state index contributed by atoms with van der Waals surface area (Å²) in [6.45, 7) is 2.12. The van der Waals surface area contributed by atoms with Crippen molar-refractivity contribution in [2.45, 2.75) is 13.3 Å². The molecule has 0 saturated carbocycles. The zero-order valence-corrected chi connectivity index (χ0v) is 10.9. The van der Waals surface area contributed by atoms with Gasteiger partial charge >= 0.3 is 0 Å². The van der Waals surface area contributed by atoms with E-state index in [1.54, 1.807) is 0 Å². The summed E-state index contributed by atoms with van der Waals surface area (Å²) in [4.78, 5) is 7.82. The Morgan fingerprint density at radius 1 is 1.20 bits per heavy atom. The van der Waals surface area contributed by atoms with E-state index < -0.39 is 11.6 Å². The molecule has 2 aromatic rings. The van der Waals surface area contributed by atoms with Gasteiger partial charge in [-0.3, -0.25) is 0 Å². The van der Waals surface area contributed by atoms with Gasteiger partial charge < -0.3 is 4.74 Å². The van der Waals surface area contributed by atoms with E-state index in [-0.39, 0.29) is 23.7 Å². The first-order valence-corrected chi connectivity index (χ1v) is 6.07. The van der Waals surface area contributed by atoms with E-state index in [2.05, 4.69) is 21.8 Å². The van der Waals surface area contributed by atoms with E-state index in [9.17, 15) is 8.78 Å². The fraction of sp³-hybridized carbons (Fsp3) is 0.200. The summed E-state index contributed by atoms with van der Waals surface area (Å²) in [5, 5.41) is 0. The number of nitrogens with zero attached hydrogens (tertiary/aromatic N) is 2. The Morgan fingerprint density at radius 2 is 2.05 bits per heavy atom. The highest BCUT2D eigenvalue weighted by Gasteiger charge is 2.11. The smallest absolute Gasteiger partial charge is 0.217 e. The number of benzene rings is 1. The van der Waals surface area contributed by atoms with E-state index in [1.807, 2.05) is 6.92 Å². The Balaban J connectivity index is 2.23. The number of ether oxygens (including phenoxy) is 1. The minimum Gasteiger partial charge on any atom is -0.464 e. The van der Waals surface area contributed by atoms with Crippen LogP contribution in [-0.2, 0) is 0 Å². The minimum atomic E-state index is -0.942. The van der Waals surface area contributed by atoms with Crippen LogP contribution in [-0.4, -0.2) is 16.6 Å². The second-order valence-electron chi connectivity index (χ2n) is 3.84. The quantitative estimate of drug-likeness (QED) is 0.806. The van der Waals surface area contributed by atoms with Crippen molar-refractivity contribution in [2.75, 3.05) is 6.61 Å². The Morgan fingerprint density at radius 3 is 2.85 bits per heavy atom. The summed E-state index contributed by atoms with van der Waals surface area (Å²) in [5.41, 5.74) is 0.326. The third-order valence-corrected chi connectivity index (χ3v) is 2.46. The molecule has 0 N–H and O–H groups in total. The fourth-order valence-electron chi connectivity index (χ4n) is 1.55. The number of rotatable bonds is 3. The molecule has 0 aliphatic rings. The Bertz CT molecular complexity index is 662. The SMILES string of the molecule is CCC#CCOc1cc(-c2cccc(F)c2F)ncn1. The highest BCUT2D eigenvalue weighted by molar-refractivity contribution is 5.60. The van der Waals surface area contributed by atoms with Gasteiger partial charge in [-0.1, -0.05) is 18.9 Å². The fourth-order valence-corrected chi connectivity index (χ4v) is 1.55. The lowest BCUT2D eigenvalue weighted by molar-refractivity contribution is 0.354. The van der Waals surface area contributed by atoms with E-state index in [0.717, 1.165) is 12.5 Å². The zero-order chi connectivity index (χ0) is 14.4. The van der Waals surface area contributed by atoms with Gasteiger partial charge in [0, 0.05) is 18.1 Å². The molecule has 20 heavy (non-hydrogen) atoms. The zero-order valence-electron chi connectivity index (χ0n) is 10.9. The molecule has 1 aromatic heterocycles. The van der Waals surface area contributed by atoms with Crippen molar-refractivity contribution in [1.29, 1.82) is 0 Å². The standard InChI is InChI=1S/C15H12F2N2O/c1-2-3-4-8-20-14-9-13(18-10-19-14)11-6-5-7-12(16)15(11)17/h5-7,9-10H,2,8H2,1H3. The number of aromatic nitrogens is 2. The third kappa shape index (κ3) is 3.29. The van der Waals surface area contributed by atoms with Crippen molar-refractivity contribution in [3.63, 3.8) is 0 Å². The van der Waals surface area contributed by atoms with Crippen LogP contribution in [0.3, 0.4) is 0 Å².